The normalized spacial score (nSPS) is 16.8. The third kappa shape index (κ3) is 5.17. The average Bonchev–Trinajstić information content (AvgIpc) is 2.96. The molecule has 1 saturated carbocycles. The van der Waals surface area contributed by atoms with Crippen LogP contribution in [-0.4, -0.2) is 12.7 Å². The maximum Gasteiger partial charge on any atom is 0.0948 e. The quantitative estimate of drug-likeness (QED) is 0.489. The molecule has 1 fully saturated rings. The Morgan fingerprint density at radius 3 is 2.25 bits per heavy atom. The number of hydrogen-bond donors (Lipinski definition) is 0. The van der Waals surface area contributed by atoms with Crippen molar-refractivity contribution in [1.29, 1.82) is 0 Å². The summed E-state index contributed by atoms with van der Waals surface area (Å²) >= 11 is 0. The van der Waals surface area contributed by atoms with Gasteiger partial charge in [0.1, 0.15) is 0 Å². The molecule has 0 N–H and O–H groups in total. The minimum Gasteiger partial charge on any atom is -0.373 e. The Balaban J connectivity index is 2.96. The van der Waals surface area contributed by atoms with E-state index in [1.165, 1.54) is 31.3 Å². The Kier molecular flexibility index (Phi) is 7.10. The molecule has 0 amide bonds. The van der Waals surface area contributed by atoms with Gasteiger partial charge in [0.2, 0.25) is 0 Å². The van der Waals surface area contributed by atoms with E-state index in [0.29, 0.717) is 5.92 Å². The minimum absolute atomic E-state index is 0.311. The van der Waals surface area contributed by atoms with Crippen molar-refractivity contribution in [3.63, 3.8) is 0 Å². The second-order valence-corrected chi connectivity index (χ2v) is 6.08. The summed E-state index contributed by atoms with van der Waals surface area (Å²) in [7, 11) is 1.76. The van der Waals surface area contributed by atoms with Gasteiger partial charge >= 0.3 is 0 Å². The number of ether oxygens (including phenoxy) is 1. The topological polar surface area (TPSA) is 9.23 Å². The average molecular weight is 274 g/mol. The van der Waals surface area contributed by atoms with Crippen molar-refractivity contribution in [2.45, 2.75) is 71.8 Å². The summed E-state index contributed by atoms with van der Waals surface area (Å²) in [5.41, 5.74) is 2.23. The lowest BCUT2D eigenvalue weighted by molar-refractivity contribution is 0.0590. The van der Waals surface area contributed by atoms with Crippen molar-refractivity contribution in [1.82, 2.24) is 0 Å². The smallest absolute Gasteiger partial charge is 0.0948 e. The lowest BCUT2D eigenvalue weighted by Gasteiger charge is -2.23. The monoisotopic (exact) mass is 274 g/mol. The van der Waals surface area contributed by atoms with Gasteiger partial charge in [0.15, 0.2) is 0 Å². The summed E-state index contributed by atoms with van der Waals surface area (Å²) in [6.07, 6.45) is 11.8. The first-order valence-electron chi connectivity index (χ1n) is 8.00. The molecule has 0 atom stereocenters. The molecule has 0 aromatic carbocycles. The number of rotatable bonds is 5. The molecule has 1 nitrogen and oxygen atoms in total. The standard InChI is InChI=1S/C19H30O/c1-6-16(7-2)12-14-18(19(3,4)20-5)15-13-17-10-8-9-11-17/h12,14,17H,6-11H2,1-5H3/b18-14-. The van der Waals surface area contributed by atoms with E-state index in [4.69, 9.17) is 4.74 Å². The van der Waals surface area contributed by atoms with E-state index in [-0.39, 0.29) is 5.60 Å². The van der Waals surface area contributed by atoms with Crippen molar-refractivity contribution in [2.24, 2.45) is 5.92 Å². The van der Waals surface area contributed by atoms with Crippen LogP contribution in [0.4, 0.5) is 0 Å². The SMILES string of the molecule is CCC(=C/C=C(/C#CC1CCCC1)C(C)(C)OC)CC. The zero-order chi connectivity index (χ0) is 15.0. The largest absolute Gasteiger partial charge is 0.373 e. The first-order valence-corrected chi connectivity index (χ1v) is 8.00. The van der Waals surface area contributed by atoms with Crippen LogP contribution in [0, 0.1) is 17.8 Å². The summed E-state index contributed by atoms with van der Waals surface area (Å²) in [4.78, 5) is 0. The number of methoxy groups -OCH3 is 1. The van der Waals surface area contributed by atoms with Crippen molar-refractivity contribution in [3.05, 3.63) is 23.3 Å². The van der Waals surface area contributed by atoms with Gasteiger partial charge in [-0.05, 0) is 45.6 Å². The van der Waals surface area contributed by atoms with Gasteiger partial charge in [-0.3, -0.25) is 0 Å². The molecule has 0 saturated heterocycles. The van der Waals surface area contributed by atoms with Crippen LogP contribution in [0.15, 0.2) is 23.3 Å². The summed E-state index contributed by atoms with van der Waals surface area (Å²) in [6, 6.07) is 0. The molecule has 0 aliphatic heterocycles. The number of allylic oxidation sites excluding steroid dienone is 3. The molecule has 1 heteroatoms. The second kappa shape index (κ2) is 8.32. The molecule has 0 heterocycles. The van der Waals surface area contributed by atoms with Crippen molar-refractivity contribution >= 4 is 0 Å². The zero-order valence-corrected chi connectivity index (χ0v) is 13.9. The van der Waals surface area contributed by atoms with Gasteiger partial charge in [-0.25, -0.2) is 0 Å². The van der Waals surface area contributed by atoms with Gasteiger partial charge < -0.3 is 4.74 Å². The minimum atomic E-state index is -0.311. The van der Waals surface area contributed by atoms with Crippen LogP contribution in [-0.2, 0) is 4.74 Å². The summed E-state index contributed by atoms with van der Waals surface area (Å²) in [5, 5.41) is 0. The highest BCUT2D eigenvalue weighted by Gasteiger charge is 2.21. The Morgan fingerprint density at radius 2 is 1.75 bits per heavy atom. The molecule has 0 unspecified atom stereocenters. The van der Waals surface area contributed by atoms with E-state index in [0.717, 1.165) is 18.4 Å². The van der Waals surface area contributed by atoms with Crippen LogP contribution in [0.25, 0.3) is 0 Å². The van der Waals surface area contributed by atoms with Gasteiger partial charge in [0, 0.05) is 18.6 Å². The fourth-order valence-electron chi connectivity index (χ4n) is 2.44. The van der Waals surface area contributed by atoms with E-state index in [1.807, 2.05) is 0 Å². The van der Waals surface area contributed by atoms with Crippen molar-refractivity contribution in [3.8, 4) is 11.8 Å². The molecular formula is C19H30O. The molecule has 0 bridgehead atoms. The van der Waals surface area contributed by atoms with Crippen LogP contribution in [0.2, 0.25) is 0 Å². The van der Waals surface area contributed by atoms with E-state index in [9.17, 15) is 0 Å². The van der Waals surface area contributed by atoms with Crippen LogP contribution in [0.3, 0.4) is 0 Å². The van der Waals surface area contributed by atoms with Crippen LogP contribution in [0.1, 0.15) is 66.2 Å². The van der Waals surface area contributed by atoms with E-state index in [2.05, 4.69) is 51.7 Å². The second-order valence-electron chi connectivity index (χ2n) is 6.08. The first kappa shape index (κ1) is 17.1. The predicted molar refractivity (Wildman–Crippen MR) is 87.6 cm³/mol. The van der Waals surface area contributed by atoms with Gasteiger partial charge in [-0.1, -0.05) is 50.2 Å². The molecule has 112 valence electrons. The van der Waals surface area contributed by atoms with Crippen LogP contribution < -0.4 is 0 Å². The molecule has 0 spiro atoms. The molecule has 1 aliphatic rings. The van der Waals surface area contributed by atoms with Crippen LogP contribution in [0.5, 0.6) is 0 Å². The molecule has 0 aromatic heterocycles. The Hall–Kier alpha value is -1.00. The van der Waals surface area contributed by atoms with Crippen molar-refractivity contribution in [2.75, 3.05) is 7.11 Å². The van der Waals surface area contributed by atoms with Gasteiger partial charge in [-0.2, -0.15) is 0 Å². The highest BCUT2D eigenvalue weighted by Crippen LogP contribution is 2.25. The van der Waals surface area contributed by atoms with Gasteiger partial charge in [0.05, 0.1) is 5.60 Å². The Bertz CT molecular complexity index is 403. The lowest BCUT2D eigenvalue weighted by Crippen LogP contribution is -2.24. The summed E-state index contributed by atoms with van der Waals surface area (Å²) < 4.78 is 5.61. The van der Waals surface area contributed by atoms with Gasteiger partial charge in [-0.15, -0.1) is 0 Å². The number of hydrogen-bond acceptors (Lipinski definition) is 1. The highest BCUT2D eigenvalue weighted by atomic mass is 16.5. The summed E-state index contributed by atoms with van der Waals surface area (Å²) in [5.74, 6) is 7.44. The third-order valence-electron chi connectivity index (χ3n) is 4.32. The van der Waals surface area contributed by atoms with E-state index >= 15 is 0 Å². The summed E-state index contributed by atoms with van der Waals surface area (Å²) in [6.45, 7) is 8.59. The Morgan fingerprint density at radius 1 is 1.15 bits per heavy atom. The fraction of sp³-hybridized carbons (Fsp3) is 0.684. The molecule has 0 radical (unpaired) electrons. The van der Waals surface area contributed by atoms with Crippen LogP contribution >= 0.6 is 0 Å². The highest BCUT2D eigenvalue weighted by molar-refractivity contribution is 5.39. The maximum absolute atomic E-state index is 5.61. The Labute approximate surface area is 125 Å². The fourth-order valence-corrected chi connectivity index (χ4v) is 2.44. The molecule has 1 aliphatic carbocycles. The zero-order valence-electron chi connectivity index (χ0n) is 13.9. The molecule has 20 heavy (non-hydrogen) atoms. The van der Waals surface area contributed by atoms with Gasteiger partial charge in [0.25, 0.3) is 0 Å². The lowest BCUT2D eigenvalue weighted by atomic mass is 9.95. The van der Waals surface area contributed by atoms with E-state index < -0.39 is 0 Å². The maximum atomic E-state index is 5.61. The van der Waals surface area contributed by atoms with E-state index in [1.54, 1.807) is 7.11 Å². The van der Waals surface area contributed by atoms with Crippen molar-refractivity contribution < 1.29 is 4.74 Å². The molecule has 0 aromatic rings. The molecular weight excluding hydrogens is 244 g/mol. The third-order valence-corrected chi connectivity index (χ3v) is 4.32. The first-order chi connectivity index (χ1) is 9.53. The predicted octanol–water partition coefficient (Wildman–Crippen LogP) is 5.28. The molecule has 1 rings (SSSR count).